The van der Waals surface area contributed by atoms with Crippen molar-refractivity contribution in [3.8, 4) is 0 Å². The van der Waals surface area contributed by atoms with Crippen molar-refractivity contribution in [2.24, 2.45) is 0 Å². The van der Waals surface area contributed by atoms with Gasteiger partial charge in [0.15, 0.2) is 5.69 Å². The molecule has 2 heterocycles. The van der Waals surface area contributed by atoms with Crippen LogP contribution >= 0.6 is 10.7 Å². The first-order valence-electron chi connectivity index (χ1n) is 7.16. The number of piperidine rings is 1. The first-order valence-corrected chi connectivity index (χ1v) is 9.47. The van der Waals surface area contributed by atoms with Gasteiger partial charge in [0.2, 0.25) is 0 Å². The molecule has 0 spiro atoms. The van der Waals surface area contributed by atoms with Crippen molar-refractivity contribution >= 4 is 25.6 Å². The molecule has 0 bridgehead atoms. The van der Waals surface area contributed by atoms with E-state index in [1.165, 1.54) is 0 Å². The number of amides is 1. The SMILES string of the molecule is CCCC1CCCCN1C(=O)c1n[nH]c(C)c1S(=O)(=O)Cl. The van der Waals surface area contributed by atoms with Gasteiger partial charge in [0.1, 0.15) is 4.90 Å². The third kappa shape index (κ3) is 3.40. The van der Waals surface area contributed by atoms with Gasteiger partial charge in [-0.15, -0.1) is 0 Å². The van der Waals surface area contributed by atoms with Gasteiger partial charge in [-0.2, -0.15) is 5.10 Å². The van der Waals surface area contributed by atoms with Crippen LogP contribution in [-0.2, 0) is 9.05 Å². The maximum Gasteiger partial charge on any atom is 0.276 e. The lowest BCUT2D eigenvalue weighted by Crippen LogP contribution is -2.44. The van der Waals surface area contributed by atoms with Crippen LogP contribution in [0.15, 0.2) is 4.90 Å². The summed E-state index contributed by atoms with van der Waals surface area (Å²) in [6.45, 7) is 4.25. The number of carbonyl (C=O) groups is 1. The Labute approximate surface area is 129 Å². The Morgan fingerprint density at radius 3 is 2.81 bits per heavy atom. The number of aromatic nitrogens is 2. The average molecular weight is 334 g/mol. The van der Waals surface area contributed by atoms with E-state index in [1.54, 1.807) is 11.8 Å². The molecule has 1 unspecified atom stereocenters. The molecule has 1 saturated heterocycles. The van der Waals surface area contributed by atoms with E-state index in [0.717, 1.165) is 32.1 Å². The topological polar surface area (TPSA) is 83.1 Å². The molecule has 2 rings (SSSR count). The molecular weight excluding hydrogens is 314 g/mol. The Morgan fingerprint density at radius 1 is 1.48 bits per heavy atom. The summed E-state index contributed by atoms with van der Waals surface area (Å²) in [4.78, 5) is 14.2. The molecule has 8 heteroatoms. The Morgan fingerprint density at radius 2 is 2.19 bits per heavy atom. The summed E-state index contributed by atoms with van der Waals surface area (Å²) in [5.74, 6) is -0.350. The number of aryl methyl sites for hydroxylation is 1. The first-order chi connectivity index (χ1) is 9.86. The second-order valence-corrected chi connectivity index (χ2v) is 7.90. The van der Waals surface area contributed by atoms with Crippen molar-refractivity contribution in [1.82, 2.24) is 15.1 Å². The Hall–Kier alpha value is -1.08. The minimum Gasteiger partial charge on any atom is -0.334 e. The highest BCUT2D eigenvalue weighted by molar-refractivity contribution is 8.13. The summed E-state index contributed by atoms with van der Waals surface area (Å²) < 4.78 is 23.3. The Kier molecular flexibility index (Phi) is 4.93. The second-order valence-electron chi connectivity index (χ2n) is 5.40. The van der Waals surface area contributed by atoms with Crippen molar-refractivity contribution in [1.29, 1.82) is 0 Å². The van der Waals surface area contributed by atoms with Crippen LogP contribution in [0.2, 0.25) is 0 Å². The Balaban J connectivity index is 2.35. The van der Waals surface area contributed by atoms with Crippen molar-refractivity contribution in [2.75, 3.05) is 6.54 Å². The minimum atomic E-state index is -4.00. The van der Waals surface area contributed by atoms with Crippen LogP contribution in [0.4, 0.5) is 0 Å². The average Bonchev–Trinajstić information content (AvgIpc) is 2.81. The van der Waals surface area contributed by atoms with E-state index in [-0.39, 0.29) is 28.2 Å². The van der Waals surface area contributed by atoms with Crippen LogP contribution in [0.1, 0.15) is 55.2 Å². The number of hydrogen-bond acceptors (Lipinski definition) is 4. The van der Waals surface area contributed by atoms with Crippen LogP contribution < -0.4 is 0 Å². The molecule has 0 saturated carbocycles. The maximum atomic E-state index is 12.7. The molecule has 0 aliphatic carbocycles. The summed E-state index contributed by atoms with van der Waals surface area (Å²) in [5, 5.41) is 6.42. The van der Waals surface area contributed by atoms with Gasteiger partial charge in [0.25, 0.3) is 15.0 Å². The minimum absolute atomic E-state index is 0.0921. The van der Waals surface area contributed by atoms with Gasteiger partial charge in [-0.1, -0.05) is 13.3 Å². The molecule has 0 radical (unpaired) electrons. The highest BCUT2D eigenvalue weighted by Crippen LogP contribution is 2.27. The molecule has 1 aromatic rings. The normalized spacial score (nSPS) is 19.8. The number of hydrogen-bond donors (Lipinski definition) is 1. The van der Waals surface area contributed by atoms with E-state index in [0.29, 0.717) is 6.54 Å². The van der Waals surface area contributed by atoms with Crippen LogP contribution in [-0.4, -0.2) is 42.0 Å². The fourth-order valence-corrected chi connectivity index (χ4v) is 4.24. The van der Waals surface area contributed by atoms with Gasteiger partial charge in [-0.05, 0) is 32.6 Å². The van der Waals surface area contributed by atoms with Crippen LogP contribution in [0.25, 0.3) is 0 Å². The monoisotopic (exact) mass is 333 g/mol. The molecule has 6 nitrogen and oxygen atoms in total. The predicted molar refractivity (Wildman–Crippen MR) is 79.9 cm³/mol. The number of nitrogens with zero attached hydrogens (tertiary/aromatic N) is 2. The highest BCUT2D eigenvalue weighted by Gasteiger charge is 2.33. The van der Waals surface area contributed by atoms with E-state index >= 15 is 0 Å². The second kappa shape index (κ2) is 6.36. The van der Waals surface area contributed by atoms with Gasteiger partial charge in [-0.25, -0.2) is 8.42 Å². The lowest BCUT2D eigenvalue weighted by atomic mass is 9.98. The molecule has 21 heavy (non-hydrogen) atoms. The van der Waals surface area contributed by atoms with Gasteiger partial charge < -0.3 is 4.90 Å². The summed E-state index contributed by atoms with van der Waals surface area (Å²) in [7, 11) is 1.43. The standard InChI is InChI=1S/C13H20ClN3O3S/c1-3-6-10-7-4-5-8-17(10)13(18)11-12(21(14,19)20)9(2)15-16-11/h10H,3-8H2,1-2H3,(H,15,16). The third-order valence-corrected chi connectivity index (χ3v) is 5.30. The van der Waals surface area contributed by atoms with E-state index in [1.807, 2.05) is 0 Å². The molecule has 0 aromatic carbocycles. The molecule has 1 aliphatic heterocycles. The van der Waals surface area contributed by atoms with Gasteiger partial charge >= 0.3 is 0 Å². The van der Waals surface area contributed by atoms with Crippen molar-refractivity contribution in [3.63, 3.8) is 0 Å². The summed E-state index contributed by atoms with van der Waals surface area (Å²) >= 11 is 0. The van der Waals surface area contributed by atoms with Gasteiger partial charge in [0.05, 0.1) is 5.69 Å². The molecule has 118 valence electrons. The van der Waals surface area contributed by atoms with E-state index in [9.17, 15) is 13.2 Å². The lowest BCUT2D eigenvalue weighted by Gasteiger charge is -2.35. The zero-order chi connectivity index (χ0) is 15.6. The quantitative estimate of drug-likeness (QED) is 0.858. The molecule has 1 aliphatic rings. The number of likely N-dealkylation sites (tertiary alicyclic amines) is 1. The summed E-state index contributed by atoms with van der Waals surface area (Å²) in [5.41, 5.74) is 0.197. The van der Waals surface area contributed by atoms with Crippen LogP contribution in [0.5, 0.6) is 0 Å². The van der Waals surface area contributed by atoms with E-state index < -0.39 is 9.05 Å². The first kappa shape index (κ1) is 16.3. The molecule has 1 aromatic heterocycles. The zero-order valence-corrected chi connectivity index (χ0v) is 13.8. The van der Waals surface area contributed by atoms with Crippen LogP contribution in [0, 0.1) is 6.92 Å². The molecule has 1 atom stereocenters. The zero-order valence-electron chi connectivity index (χ0n) is 12.2. The number of carbonyl (C=O) groups excluding carboxylic acids is 1. The lowest BCUT2D eigenvalue weighted by molar-refractivity contribution is 0.0590. The van der Waals surface area contributed by atoms with E-state index in [2.05, 4.69) is 17.1 Å². The number of nitrogens with one attached hydrogen (secondary N) is 1. The molecule has 1 amide bonds. The van der Waals surface area contributed by atoms with Gasteiger partial charge in [0, 0.05) is 23.3 Å². The largest absolute Gasteiger partial charge is 0.334 e. The maximum absolute atomic E-state index is 12.7. The molecule has 1 fully saturated rings. The third-order valence-electron chi connectivity index (χ3n) is 3.85. The van der Waals surface area contributed by atoms with Crippen molar-refractivity contribution in [3.05, 3.63) is 11.4 Å². The number of rotatable bonds is 4. The predicted octanol–water partition coefficient (Wildman–Crippen LogP) is 2.44. The fraction of sp³-hybridized carbons (Fsp3) is 0.692. The smallest absolute Gasteiger partial charge is 0.276 e. The van der Waals surface area contributed by atoms with Crippen molar-refractivity contribution in [2.45, 2.75) is 56.9 Å². The Bertz CT molecular complexity index is 625. The molecular formula is C13H20ClN3O3S. The number of H-pyrrole nitrogens is 1. The van der Waals surface area contributed by atoms with Crippen LogP contribution in [0.3, 0.4) is 0 Å². The summed E-state index contributed by atoms with van der Waals surface area (Å²) in [6.07, 6.45) is 4.87. The fourth-order valence-electron chi connectivity index (χ4n) is 2.90. The highest BCUT2D eigenvalue weighted by atomic mass is 35.7. The van der Waals surface area contributed by atoms with E-state index in [4.69, 9.17) is 10.7 Å². The number of halogens is 1. The molecule has 1 N–H and O–H groups in total. The van der Waals surface area contributed by atoms with Gasteiger partial charge in [-0.3, -0.25) is 9.89 Å². The van der Waals surface area contributed by atoms with Crippen molar-refractivity contribution < 1.29 is 13.2 Å². The number of aromatic amines is 1. The summed E-state index contributed by atoms with van der Waals surface area (Å²) in [6, 6.07) is 0.152.